The van der Waals surface area contributed by atoms with E-state index in [9.17, 15) is 14.4 Å². The number of carboxylic acid groups (broad SMARTS) is 1. The van der Waals surface area contributed by atoms with Gasteiger partial charge in [-0.2, -0.15) is 0 Å². The Labute approximate surface area is 245 Å². The highest BCUT2D eigenvalue weighted by molar-refractivity contribution is 6.00. The summed E-state index contributed by atoms with van der Waals surface area (Å²) >= 11 is 0. The Bertz CT molecular complexity index is 1280. The molecule has 1 aliphatic heterocycles. The second-order valence-corrected chi connectivity index (χ2v) is 11.1. The summed E-state index contributed by atoms with van der Waals surface area (Å²) in [4.78, 5) is 41.2. The third-order valence-corrected chi connectivity index (χ3v) is 7.30. The van der Waals surface area contributed by atoms with Gasteiger partial charge in [0, 0.05) is 6.20 Å². The summed E-state index contributed by atoms with van der Waals surface area (Å²) in [6, 6.07) is 8.69. The number of hydrogen-bond donors (Lipinski definition) is 4. The monoisotopic (exact) mass is 580 g/mol. The van der Waals surface area contributed by atoms with E-state index in [-0.39, 0.29) is 31.2 Å². The van der Waals surface area contributed by atoms with Crippen LogP contribution in [0.25, 0.3) is 0 Å². The van der Waals surface area contributed by atoms with Crippen LogP contribution in [0.3, 0.4) is 0 Å². The van der Waals surface area contributed by atoms with Gasteiger partial charge >= 0.3 is 12.0 Å². The minimum absolute atomic E-state index is 0.0486. The Hall–Kier alpha value is -4.42. The first-order valence-electron chi connectivity index (χ1n) is 14.4. The van der Waals surface area contributed by atoms with Crippen molar-refractivity contribution in [2.24, 2.45) is 16.4 Å². The lowest BCUT2D eigenvalue weighted by Gasteiger charge is -2.28. The number of pyridine rings is 1. The Morgan fingerprint density at radius 2 is 1.90 bits per heavy atom. The molecule has 1 aromatic heterocycles. The average Bonchev–Trinajstić information content (AvgIpc) is 3.65. The van der Waals surface area contributed by atoms with E-state index in [0.29, 0.717) is 41.8 Å². The second kappa shape index (κ2) is 14.5. The van der Waals surface area contributed by atoms with E-state index in [1.807, 2.05) is 26.0 Å². The van der Waals surface area contributed by atoms with Gasteiger partial charge in [0.1, 0.15) is 24.4 Å². The van der Waals surface area contributed by atoms with E-state index in [1.54, 1.807) is 34.4 Å². The molecule has 2 heterocycles. The molecule has 42 heavy (non-hydrogen) atoms. The summed E-state index contributed by atoms with van der Waals surface area (Å²) in [5.41, 5.74) is 2.23. The van der Waals surface area contributed by atoms with Gasteiger partial charge in [-0.25, -0.2) is 14.8 Å². The summed E-state index contributed by atoms with van der Waals surface area (Å²) in [7, 11) is 1.51. The highest BCUT2D eigenvalue weighted by Gasteiger charge is 2.27. The lowest BCUT2D eigenvalue weighted by Crippen LogP contribution is -2.48. The van der Waals surface area contributed by atoms with Crippen molar-refractivity contribution >= 4 is 29.4 Å². The first kappa shape index (κ1) is 30.5. The quantitative estimate of drug-likeness (QED) is 0.264. The zero-order valence-corrected chi connectivity index (χ0v) is 24.4. The summed E-state index contributed by atoms with van der Waals surface area (Å²) in [5.74, 6) is 0.542. The zero-order valence-electron chi connectivity index (χ0n) is 24.4. The number of carbonyl (C=O) groups excluding carboxylic acids is 2. The van der Waals surface area contributed by atoms with E-state index in [2.05, 4.69) is 31.4 Å². The molecule has 13 heteroatoms. The molecule has 0 saturated heterocycles. The number of methoxy groups -OCH3 is 1. The van der Waals surface area contributed by atoms with Crippen molar-refractivity contribution < 1.29 is 24.2 Å². The van der Waals surface area contributed by atoms with Gasteiger partial charge in [0.2, 0.25) is 5.91 Å². The number of hydrogen-bond acceptors (Lipinski definition) is 9. The molecule has 1 atom stereocenters. The SMILES string of the molecule is COc1cc(CC(=O)NC(CC(C)C)N2CN(CCC(=O)O)N=N2)ccc1NC(=O)Nc1ncccc1C1CCCC1. The molecular formula is C29H40N8O5. The van der Waals surface area contributed by atoms with Crippen molar-refractivity contribution in [3.05, 3.63) is 47.7 Å². The smallest absolute Gasteiger partial charge is 0.324 e. The fourth-order valence-corrected chi connectivity index (χ4v) is 5.26. The molecule has 13 nitrogen and oxygen atoms in total. The van der Waals surface area contributed by atoms with Crippen LogP contribution in [0.4, 0.5) is 16.3 Å². The number of benzene rings is 1. The van der Waals surface area contributed by atoms with E-state index < -0.39 is 18.2 Å². The van der Waals surface area contributed by atoms with E-state index in [1.165, 1.54) is 20.0 Å². The normalized spacial score (nSPS) is 15.6. The first-order chi connectivity index (χ1) is 20.2. The van der Waals surface area contributed by atoms with Gasteiger partial charge in [-0.3, -0.25) is 19.9 Å². The molecule has 3 amide bonds. The van der Waals surface area contributed by atoms with Crippen LogP contribution in [0.15, 0.2) is 47.0 Å². The summed E-state index contributed by atoms with van der Waals surface area (Å²) in [5, 5.41) is 29.0. The summed E-state index contributed by atoms with van der Waals surface area (Å²) in [6.07, 6.45) is 6.50. The fraction of sp³-hybridized carbons (Fsp3) is 0.517. The van der Waals surface area contributed by atoms with Crippen LogP contribution in [-0.4, -0.2) is 64.5 Å². The predicted molar refractivity (Wildman–Crippen MR) is 157 cm³/mol. The summed E-state index contributed by atoms with van der Waals surface area (Å²) in [6.45, 7) is 4.62. The average molecular weight is 581 g/mol. The molecule has 2 aliphatic rings. The van der Waals surface area contributed by atoms with Crippen molar-refractivity contribution in [1.29, 1.82) is 0 Å². The van der Waals surface area contributed by atoms with Gasteiger partial charge in [0.05, 0.1) is 32.2 Å². The van der Waals surface area contributed by atoms with Crippen LogP contribution in [-0.2, 0) is 16.0 Å². The molecule has 1 aliphatic carbocycles. The van der Waals surface area contributed by atoms with E-state index in [0.717, 1.165) is 18.4 Å². The number of urea groups is 1. The van der Waals surface area contributed by atoms with Gasteiger partial charge in [0.15, 0.2) is 0 Å². The minimum atomic E-state index is -0.908. The van der Waals surface area contributed by atoms with E-state index in [4.69, 9.17) is 9.84 Å². The standard InChI is InChI=1S/C29H40N8O5/c1-19(2)15-25(37-18-36(34-35-37)14-12-27(39)40)32-26(38)17-20-10-11-23(24(16-20)42-3)31-29(41)33-28-22(9-6-13-30-28)21-7-4-5-8-21/h6,9-11,13,16,19,21,25H,4-5,7-8,12,14-15,17-18H2,1-3H3,(H,32,38)(H,39,40)(H2,30,31,33,41). The third kappa shape index (κ3) is 8.54. The molecule has 4 rings (SSSR count). The Morgan fingerprint density at radius 3 is 2.62 bits per heavy atom. The molecule has 1 aromatic carbocycles. The van der Waals surface area contributed by atoms with Gasteiger partial charge in [-0.1, -0.05) is 44.0 Å². The van der Waals surface area contributed by atoms with E-state index >= 15 is 0 Å². The van der Waals surface area contributed by atoms with Crippen molar-refractivity contribution in [2.75, 3.05) is 31.0 Å². The zero-order chi connectivity index (χ0) is 30.1. The van der Waals surface area contributed by atoms with Crippen LogP contribution in [0.1, 0.15) is 69.4 Å². The largest absolute Gasteiger partial charge is 0.495 e. The predicted octanol–water partition coefficient (Wildman–Crippen LogP) is 4.75. The number of ether oxygens (including phenoxy) is 1. The maximum atomic E-state index is 13.0. The Morgan fingerprint density at radius 1 is 1.12 bits per heavy atom. The molecule has 1 saturated carbocycles. The van der Waals surface area contributed by atoms with Gasteiger partial charge in [0.25, 0.3) is 0 Å². The molecule has 4 N–H and O–H groups in total. The van der Waals surface area contributed by atoms with Gasteiger partial charge in [-0.15, -0.1) is 0 Å². The molecule has 226 valence electrons. The molecule has 0 spiro atoms. The second-order valence-electron chi connectivity index (χ2n) is 11.1. The Kier molecular flexibility index (Phi) is 10.5. The number of rotatable bonds is 13. The highest BCUT2D eigenvalue weighted by Crippen LogP contribution is 2.37. The number of amides is 3. The topological polar surface area (TPSA) is 161 Å². The molecule has 0 bridgehead atoms. The van der Waals surface area contributed by atoms with Gasteiger partial charge < -0.3 is 20.5 Å². The first-order valence-corrected chi connectivity index (χ1v) is 14.4. The van der Waals surface area contributed by atoms with Crippen LogP contribution in [0, 0.1) is 5.92 Å². The molecule has 1 unspecified atom stereocenters. The number of carbonyl (C=O) groups is 3. The number of nitrogens with one attached hydrogen (secondary N) is 3. The van der Waals surface area contributed by atoms with Gasteiger partial charge in [-0.05, 0) is 65.6 Å². The fourth-order valence-electron chi connectivity index (χ4n) is 5.26. The Balaban J connectivity index is 1.35. The number of anilines is 2. The number of carboxylic acids is 1. The number of nitrogens with zero attached hydrogens (tertiary/aromatic N) is 5. The molecule has 1 fully saturated rings. The minimum Gasteiger partial charge on any atom is -0.495 e. The maximum absolute atomic E-state index is 13.0. The number of aromatic nitrogens is 1. The van der Waals surface area contributed by atoms with Crippen molar-refractivity contribution in [3.63, 3.8) is 0 Å². The molecular weight excluding hydrogens is 540 g/mol. The molecule has 2 aromatic rings. The maximum Gasteiger partial charge on any atom is 0.324 e. The van der Waals surface area contributed by atoms with Crippen LogP contribution >= 0.6 is 0 Å². The van der Waals surface area contributed by atoms with Crippen molar-refractivity contribution in [1.82, 2.24) is 20.3 Å². The lowest BCUT2D eigenvalue weighted by atomic mass is 9.98. The molecule has 0 radical (unpaired) electrons. The van der Waals surface area contributed by atoms with Crippen LogP contribution < -0.4 is 20.7 Å². The van der Waals surface area contributed by atoms with Crippen molar-refractivity contribution in [3.8, 4) is 5.75 Å². The van der Waals surface area contributed by atoms with Crippen LogP contribution in [0.5, 0.6) is 5.75 Å². The lowest BCUT2D eigenvalue weighted by molar-refractivity contribution is -0.137. The summed E-state index contributed by atoms with van der Waals surface area (Å²) < 4.78 is 5.52. The van der Waals surface area contributed by atoms with Crippen molar-refractivity contribution in [2.45, 2.75) is 70.9 Å². The highest BCUT2D eigenvalue weighted by atomic mass is 16.5. The third-order valence-electron chi connectivity index (χ3n) is 7.30. The number of aliphatic carboxylic acids is 1. The van der Waals surface area contributed by atoms with Crippen LogP contribution in [0.2, 0.25) is 0 Å².